The Kier molecular flexibility index (Phi) is 4.42. The highest BCUT2D eigenvalue weighted by Crippen LogP contribution is 2.14. The highest BCUT2D eigenvalue weighted by atomic mass is 16.5. The molecule has 15 heavy (non-hydrogen) atoms. The predicted molar refractivity (Wildman–Crippen MR) is 62.1 cm³/mol. The maximum Gasteiger partial charge on any atom is 0.0480 e. The number of nitrogens with one attached hydrogen (secondary N) is 1. The third-order valence-electron chi connectivity index (χ3n) is 3.64. The van der Waals surface area contributed by atoms with E-state index in [1.165, 1.54) is 45.3 Å². The molecular weight excluding hydrogens is 188 g/mol. The Hall–Kier alpha value is -0.120. The maximum absolute atomic E-state index is 5.47. The molecular formula is C12H24N2O. The Labute approximate surface area is 93.2 Å². The Morgan fingerprint density at radius 3 is 3.00 bits per heavy atom. The van der Waals surface area contributed by atoms with Crippen molar-refractivity contribution in [2.24, 2.45) is 5.92 Å². The number of nitrogens with zero attached hydrogens (tertiary/aromatic N) is 1. The molecule has 1 N–H and O–H groups in total. The van der Waals surface area contributed by atoms with Gasteiger partial charge in [-0.25, -0.2) is 0 Å². The van der Waals surface area contributed by atoms with E-state index in [0.717, 1.165) is 19.1 Å². The summed E-state index contributed by atoms with van der Waals surface area (Å²) in [5.41, 5.74) is 0. The third-order valence-corrected chi connectivity index (χ3v) is 3.64. The normalized spacial score (nSPS) is 34.2. The average molecular weight is 212 g/mol. The quantitative estimate of drug-likeness (QED) is 0.758. The van der Waals surface area contributed by atoms with E-state index in [-0.39, 0.29) is 0 Å². The van der Waals surface area contributed by atoms with Crippen molar-refractivity contribution >= 4 is 0 Å². The monoisotopic (exact) mass is 212 g/mol. The molecule has 2 rings (SSSR count). The summed E-state index contributed by atoms with van der Waals surface area (Å²) < 4.78 is 5.47. The van der Waals surface area contributed by atoms with Crippen LogP contribution in [-0.4, -0.2) is 50.8 Å². The van der Waals surface area contributed by atoms with Crippen LogP contribution in [0.4, 0.5) is 0 Å². The minimum atomic E-state index is 0.707. The van der Waals surface area contributed by atoms with Crippen LogP contribution in [-0.2, 0) is 4.74 Å². The molecule has 3 nitrogen and oxygen atoms in total. The van der Waals surface area contributed by atoms with Gasteiger partial charge in [-0.3, -0.25) is 0 Å². The third kappa shape index (κ3) is 3.74. The molecule has 2 aliphatic rings. The van der Waals surface area contributed by atoms with Crippen LogP contribution in [0, 0.1) is 5.92 Å². The lowest BCUT2D eigenvalue weighted by Gasteiger charge is -2.18. The van der Waals surface area contributed by atoms with Gasteiger partial charge in [0, 0.05) is 25.8 Å². The van der Waals surface area contributed by atoms with E-state index in [1.54, 1.807) is 0 Å². The Morgan fingerprint density at radius 1 is 1.27 bits per heavy atom. The van der Waals surface area contributed by atoms with E-state index >= 15 is 0 Å². The van der Waals surface area contributed by atoms with Crippen molar-refractivity contribution < 1.29 is 4.74 Å². The number of hydrogen-bond acceptors (Lipinski definition) is 3. The van der Waals surface area contributed by atoms with Crippen molar-refractivity contribution in [2.75, 3.05) is 39.9 Å². The first-order valence-corrected chi connectivity index (χ1v) is 6.34. The molecule has 0 aromatic carbocycles. The fourth-order valence-electron chi connectivity index (χ4n) is 2.63. The van der Waals surface area contributed by atoms with Gasteiger partial charge in [-0.1, -0.05) is 0 Å². The van der Waals surface area contributed by atoms with E-state index in [2.05, 4.69) is 17.3 Å². The van der Waals surface area contributed by atoms with Gasteiger partial charge >= 0.3 is 0 Å². The van der Waals surface area contributed by atoms with Gasteiger partial charge in [0.05, 0.1) is 0 Å². The second-order valence-corrected chi connectivity index (χ2v) is 5.07. The smallest absolute Gasteiger partial charge is 0.0480 e. The summed E-state index contributed by atoms with van der Waals surface area (Å²) >= 11 is 0. The topological polar surface area (TPSA) is 24.5 Å². The molecule has 2 fully saturated rings. The van der Waals surface area contributed by atoms with Crippen molar-refractivity contribution in [2.45, 2.75) is 31.7 Å². The lowest BCUT2D eigenvalue weighted by atomic mass is 10.1. The Bertz CT molecular complexity index is 178. The van der Waals surface area contributed by atoms with Crippen LogP contribution >= 0.6 is 0 Å². The molecule has 88 valence electrons. The van der Waals surface area contributed by atoms with Gasteiger partial charge in [0.2, 0.25) is 0 Å². The standard InChI is InChI=1S/C12H24N2O/c1-14-6-4-11(10-14)9-13-12-3-2-7-15-8-5-12/h11-13H,2-10H2,1H3. The zero-order chi connectivity index (χ0) is 10.5. The number of ether oxygens (including phenoxy) is 1. The van der Waals surface area contributed by atoms with Gasteiger partial charge in [-0.2, -0.15) is 0 Å². The lowest BCUT2D eigenvalue weighted by Crippen LogP contribution is -2.34. The lowest BCUT2D eigenvalue weighted by molar-refractivity contribution is 0.142. The summed E-state index contributed by atoms with van der Waals surface area (Å²) in [6.07, 6.45) is 5.08. The van der Waals surface area contributed by atoms with Gasteiger partial charge < -0.3 is 15.0 Å². The molecule has 0 radical (unpaired) electrons. The van der Waals surface area contributed by atoms with Crippen LogP contribution in [0.1, 0.15) is 25.7 Å². The molecule has 3 heteroatoms. The Morgan fingerprint density at radius 2 is 2.20 bits per heavy atom. The molecule has 2 heterocycles. The molecule has 0 aliphatic carbocycles. The van der Waals surface area contributed by atoms with Gasteiger partial charge in [0.15, 0.2) is 0 Å². The minimum Gasteiger partial charge on any atom is -0.381 e. The zero-order valence-electron chi connectivity index (χ0n) is 9.87. The SMILES string of the molecule is CN1CCC(CNC2CCCOCC2)C1. The molecule has 2 unspecified atom stereocenters. The molecule has 2 saturated heterocycles. The molecule has 0 amide bonds. The van der Waals surface area contributed by atoms with E-state index in [9.17, 15) is 0 Å². The predicted octanol–water partition coefficient (Wildman–Crippen LogP) is 1.10. The van der Waals surface area contributed by atoms with E-state index in [1.807, 2.05) is 0 Å². The summed E-state index contributed by atoms with van der Waals surface area (Å²) in [5, 5.41) is 3.72. The fraction of sp³-hybridized carbons (Fsp3) is 1.00. The molecule has 0 aromatic heterocycles. The summed E-state index contributed by atoms with van der Waals surface area (Å²) in [7, 11) is 2.22. The van der Waals surface area contributed by atoms with E-state index in [0.29, 0.717) is 6.04 Å². The molecule has 2 atom stereocenters. The maximum atomic E-state index is 5.47. The molecule has 0 spiro atoms. The molecule has 0 saturated carbocycles. The molecule has 0 bridgehead atoms. The molecule has 2 aliphatic heterocycles. The van der Waals surface area contributed by atoms with Crippen LogP contribution < -0.4 is 5.32 Å². The van der Waals surface area contributed by atoms with Crippen LogP contribution in [0.15, 0.2) is 0 Å². The minimum absolute atomic E-state index is 0.707. The Balaban J connectivity index is 1.63. The van der Waals surface area contributed by atoms with Gasteiger partial charge in [-0.05, 0) is 51.7 Å². The van der Waals surface area contributed by atoms with Crippen LogP contribution in [0.2, 0.25) is 0 Å². The van der Waals surface area contributed by atoms with Crippen molar-refractivity contribution in [3.8, 4) is 0 Å². The van der Waals surface area contributed by atoms with Crippen molar-refractivity contribution in [1.82, 2.24) is 10.2 Å². The van der Waals surface area contributed by atoms with Crippen molar-refractivity contribution in [3.05, 3.63) is 0 Å². The second kappa shape index (κ2) is 5.83. The van der Waals surface area contributed by atoms with Crippen LogP contribution in [0.5, 0.6) is 0 Å². The van der Waals surface area contributed by atoms with Gasteiger partial charge in [0.1, 0.15) is 0 Å². The first-order valence-electron chi connectivity index (χ1n) is 6.34. The van der Waals surface area contributed by atoms with Crippen LogP contribution in [0.3, 0.4) is 0 Å². The molecule has 0 aromatic rings. The van der Waals surface area contributed by atoms with Gasteiger partial charge in [-0.15, -0.1) is 0 Å². The summed E-state index contributed by atoms with van der Waals surface area (Å²) in [6.45, 7) is 5.66. The van der Waals surface area contributed by atoms with Gasteiger partial charge in [0.25, 0.3) is 0 Å². The number of likely N-dealkylation sites (tertiary alicyclic amines) is 1. The largest absolute Gasteiger partial charge is 0.381 e. The fourth-order valence-corrected chi connectivity index (χ4v) is 2.63. The number of rotatable bonds is 3. The summed E-state index contributed by atoms with van der Waals surface area (Å²) in [6, 6.07) is 0.707. The van der Waals surface area contributed by atoms with Crippen LogP contribution in [0.25, 0.3) is 0 Å². The highest BCUT2D eigenvalue weighted by Gasteiger charge is 2.20. The second-order valence-electron chi connectivity index (χ2n) is 5.07. The van der Waals surface area contributed by atoms with E-state index in [4.69, 9.17) is 4.74 Å². The van der Waals surface area contributed by atoms with Crippen molar-refractivity contribution in [1.29, 1.82) is 0 Å². The first kappa shape index (κ1) is 11.4. The zero-order valence-corrected chi connectivity index (χ0v) is 9.87. The van der Waals surface area contributed by atoms with Crippen molar-refractivity contribution in [3.63, 3.8) is 0 Å². The average Bonchev–Trinajstić information content (AvgIpc) is 2.52. The number of hydrogen-bond donors (Lipinski definition) is 1. The van der Waals surface area contributed by atoms with E-state index < -0.39 is 0 Å². The summed E-state index contributed by atoms with van der Waals surface area (Å²) in [4.78, 5) is 2.43. The first-order chi connectivity index (χ1) is 7.34. The summed E-state index contributed by atoms with van der Waals surface area (Å²) in [5.74, 6) is 0.874. The highest BCUT2D eigenvalue weighted by molar-refractivity contribution is 4.77.